The summed E-state index contributed by atoms with van der Waals surface area (Å²) in [6.45, 7) is 5.10. The summed E-state index contributed by atoms with van der Waals surface area (Å²) in [6, 6.07) is 18.0. The third-order valence-electron chi connectivity index (χ3n) is 6.77. The van der Waals surface area contributed by atoms with Gasteiger partial charge in [0.1, 0.15) is 12.6 Å². The molecule has 0 aromatic heterocycles. The lowest BCUT2D eigenvalue weighted by Crippen LogP contribution is -2.53. The number of anilines is 1. The molecule has 7 nitrogen and oxygen atoms in total. The van der Waals surface area contributed by atoms with Gasteiger partial charge in [-0.05, 0) is 62.1 Å². The molecule has 0 saturated carbocycles. The van der Waals surface area contributed by atoms with E-state index in [4.69, 9.17) is 0 Å². The van der Waals surface area contributed by atoms with E-state index < -0.39 is 40.3 Å². The maximum atomic E-state index is 14.0. The Bertz CT molecular complexity index is 1450. The average Bonchev–Trinajstić information content (AvgIpc) is 2.97. The fourth-order valence-corrected chi connectivity index (χ4v) is 5.87. The number of nitrogens with one attached hydrogen (secondary N) is 1. The molecule has 3 aromatic rings. The van der Waals surface area contributed by atoms with Gasteiger partial charge in [-0.2, -0.15) is 13.2 Å². The summed E-state index contributed by atoms with van der Waals surface area (Å²) >= 11 is 0. The molecule has 2 amide bonds. The number of rotatable bonds is 13. The Morgan fingerprint density at radius 3 is 2.19 bits per heavy atom. The van der Waals surface area contributed by atoms with E-state index in [0.717, 1.165) is 23.3 Å². The fourth-order valence-electron chi connectivity index (χ4n) is 4.47. The molecule has 1 N–H and O–H groups in total. The molecule has 0 unspecified atom stereocenters. The standard InChI is InChI=1S/C31H36F3N3O4S/c1-4-19-35-30(39)28(5-2)36(20-18-24-10-7-6-8-11-24)29(38)22-37(26-13-9-12-25(21-26)31(32,33)34)42(40,41)27-16-14-23(3)15-17-27/h6-17,21,28H,4-5,18-20,22H2,1-3H3,(H,35,39)/t28-/m1/s1. The molecule has 11 heteroatoms. The van der Waals surface area contributed by atoms with Crippen molar-refractivity contribution in [3.05, 3.63) is 95.6 Å². The topological polar surface area (TPSA) is 86.8 Å². The first-order valence-electron chi connectivity index (χ1n) is 13.8. The SMILES string of the molecule is CCCNC(=O)[C@@H](CC)N(CCc1ccccc1)C(=O)CN(c1cccc(C(F)(F)F)c1)S(=O)(=O)c1ccc(C)cc1. The third-order valence-corrected chi connectivity index (χ3v) is 8.56. The predicted molar refractivity (Wildman–Crippen MR) is 156 cm³/mol. The zero-order valence-corrected chi connectivity index (χ0v) is 24.7. The van der Waals surface area contributed by atoms with Gasteiger partial charge in [-0.1, -0.05) is 67.9 Å². The van der Waals surface area contributed by atoms with Gasteiger partial charge in [0, 0.05) is 13.1 Å². The minimum atomic E-state index is -4.73. The number of hydrogen-bond acceptors (Lipinski definition) is 4. The van der Waals surface area contributed by atoms with E-state index in [1.54, 1.807) is 26.0 Å². The number of benzene rings is 3. The zero-order valence-electron chi connectivity index (χ0n) is 23.9. The molecule has 226 valence electrons. The number of sulfonamides is 1. The largest absolute Gasteiger partial charge is 0.416 e. The summed E-state index contributed by atoms with van der Waals surface area (Å²) in [5.41, 5.74) is 0.320. The molecule has 3 aromatic carbocycles. The van der Waals surface area contributed by atoms with Gasteiger partial charge in [-0.25, -0.2) is 8.42 Å². The molecular weight excluding hydrogens is 567 g/mol. The normalized spacial score (nSPS) is 12.4. The Morgan fingerprint density at radius 1 is 0.929 bits per heavy atom. The highest BCUT2D eigenvalue weighted by atomic mass is 32.2. The second-order valence-corrected chi connectivity index (χ2v) is 11.8. The zero-order chi connectivity index (χ0) is 30.9. The fraction of sp³-hybridized carbons (Fsp3) is 0.355. The van der Waals surface area contributed by atoms with E-state index in [1.165, 1.54) is 23.1 Å². The van der Waals surface area contributed by atoms with Gasteiger partial charge in [0.2, 0.25) is 11.8 Å². The van der Waals surface area contributed by atoms with Crippen LogP contribution >= 0.6 is 0 Å². The van der Waals surface area contributed by atoms with Crippen molar-refractivity contribution in [1.29, 1.82) is 0 Å². The van der Waals surface area contributed by atoms with Crippen LogP contribution in [-0.2, 0) is 32.2 Å². The summed E-state index contributed by atoms with van der Waals surface area (Å²) in [6.07, 6.45) is -3.41. The van der Waals surface area contributed by atoms with Gasteiger partial charge >= 0.3 is 6.18 Å². The van der Waals surface area contributed by atoms with Crippen LogP contribution in [0.3, 0.4) is 0 Å². The number of carbonyl (C=O) groups excluding carboxylic acids is 2. The summed E-state index contributed by atoms with van der Waals surface area (Å²) in [4.78, 5) is 28.2. The molecular formula is C31H36F3N3O4S. The van der Waals surface area contributed by atoms with Crippen LogP contribution in [0.1, 0.15) is 43.4 Å². The molecule has 0 aliphatic carbocycles. The first-order chi connectivity index (χ1) is 19.9. The Kier molecular flexibility index (Phi) is 11.2. The van der Waals surface area contributed by atoms with Gasteiger partial charge in [0.15, 0.2) is 0 Å². The van der Waals surface area contributed by atoms with Crippen molar-refractivity contribution in [3.8, 4) is 0 Å². The first kappa shape index (κ1) is 32.7. The van der Waals surface area contributed by atoms with Crippen molar-refractivity contribution >= 4 is 27.5 Å². The number of carbonyl (C=O) groups is 2. The van der Waals surface area contributed by atoms with Crippen LogP contribution in [0.5, 0.6) is 0 Å². The van der Waals surface area contributed by atoms with E-state index in [-0.39, 0.29) is 29.5 Å². The number of nitrogens with zero attached hydrogens (tertiary/aromatic N) is 2. The lowest BCUT2D eigenvalue weighted by atomic mass is 10.1. The summed E-state index contributed by atoms with van der Waals surface area (Å²) in [7, 11) is -4.48. The van der Waals surface area contributed by atoms with Gasteiger partial charge in [-0.15, -0.1) is 0 Å². The predicted octanol–water partition coefficient (Wildman–Crippen LogP) is 5.59. The van der Waals surface area contributed by atoms with E-state index >= 15 is 0 Å². The van der Waals surface area contributed by atoms with Gasteiger partial charge < -0.3 is 10.2 Å². The number of hydrogen-bond donors (Lipinski definition) is 1. The summed E-state index contributed by atoms with van der Waals surface area (Å²) in [5.74, 6) is -1.09. The number of halogens is 3. The molecule has 0 radical (unpaired) electrons. The van der Waals surface area contributed by atoms with Crippen LogP contribution < -0.4 is 9.62 Å². The van der Waals surface area contributed by atoms with Crippen molar-refractivity contribution in [2.45, 2.75) is 57.1 Å². The maximum Gasteiger partial charge on any atom is 0.416 e. The lowest BCUT2D eigenvalue weighted by molar-refractivity contribution is -0.139. The number of amides is 2. The van der Waals surface area contributed by atoms with Crippen LogP contribution in [-0.4, -0.2) is 50.8 Å². The molecule has 3 rings (SSSR count). The highest BCUT2D eigenvalue weighted by Crippen LogP contribution is 2.33. The Balaban J connectivity index is 2.06. The Hall–Kier alpha value is -3.86. The van der Waals surface area contributed by atoms with Crippen LogP contribution in [0.2, 0.25) is 0 Å². The first-order valence-corrected chi connectivity index (χ1v) is 15.2. The quantitative estimate of drug-likeness (QED) is 0.276. The van der Waals surface area contributed by atoms with Crippen LogP contribution in [0.25, 0.3) is 0 Å². The molecule has 0 heterocycles. The second-order valence-electron chi connectivity index (χ2n) is 9.91. The Morgan fingerprint density at radius 2 is 1.60 bits per heavy atom. The van der Waals surface area contributed by atoms with Gasteiger partial charge in [0.25, 0.3) is 10.0 Å². The highest BCUT2D eigenvalue weighted by molar-refractivity contribution is 7.92. The molecule has 0 fully saturated rings. The summed E-state index contributed by atoms with van der Waals surface area (Å²) < 4.78 is 69.2. The molecule has 0 aliphatic rings. The van der Waals surface area contributed by atoms with Crippen molar-refractivity contribution in [3.63, 3.8) is 0 Å². The monoisotopic (exact) mass is 603 g/mol. The molecule has 0 spiro atoms. The van der Waals surface area contributed by atoms with Gasteiger partial charge in [-0.3, -0.25) is 13.9 Å². The maximum absolute atomic E-state index is 14.0. The molecule has 0 saturated heterocycles. The molecule has 0 bridgehead atoms. The number of aryl methyl sites for hydroxylation is 1. The smallest absolute Gasteiger partial charge is 0.354 e. The highest BCUT2D eigenvalue weighted by Gasteiger charge is 2.35. The average molecular weight is 604 g/mol. The van der Waals surface area contributed by atoms with Crippen LogP contribution in [0.15, 0.2) is 83.8 Å². The Labute approximate surface area is 245 Å². The van der Waals surface area contributed by atoms with E-state index in [1.807, 2.05) is 37.3 Å². The van der Waals surface area contributed by atoms with Gasteiger partial charge in [0.05, 0.1) is 16.1 Å². The van der Waals surface area contributed by atoms with Crippen molar-refractivity contribution < 1.29 is 31.2 Å². The van der Waals surface area contributed by atoms with E-state index in [0.29, 0.717) is 29.8 Å². The minimum absolute atomic E-state index is 0.0991. The molecule has 0 aliphatic heterocycles. The number of alkyl halides is 3. The van der Waals surface area contributed by atoms with Crippen LogP contribution in [0, 0.1) is 6.92 Å². The minimum Gasteiger partial charge on any atom is -0.354 e. The second kappa shape index (κ2) is 14.4. The van der Waals surface area contributed by atoms with Crippen molar-refractivity contribution in [2.75, 3.05) is 23.9 Å². The molecule has 1 atom stereocenters. The summed E-state index contributed by atoms with van der Waals surface area (Å²) in [5, 5.41) is 2.80. The third kappa shape index (κ3) is 8.34. The van der Waals surface area contributed by atoms with Crippen molar-refractivity contribution in [1.82, 2.24) is 10.2 Å². The molecule has 42 heavy (non-hydrogen) atoms. The van der Waals surface area contributed by atoms with E-state index in [9.17, 15) is 31.2 Å². The van der Waals surface area contributed by atoms with E-state index in [2.05, 4.69) is 5.32 Å². The van der Waals surface area contributed by atoms with Crippen molar-refractivity contribution in [2.24, 2.45) is 0 Å². The lowest BCUT2D eigenvalue weighted by Gasteiger charge is -2.33. The van der Waals surface area contributed by atoms with Crippen LogP contribution in [0.4, 0.5) is 18.9 Å².